The summed E-state index contributed by atoms with van der Waals surface area (Å²) in [7, 11) is 0. The number of amides is 1. The first-order valence-electron chi connectivity index (χ1n) is 8.21. The Hall–Kier alpha value is -1.10. The van der Waals surface area contributed by atoms with Crippen LogP contribution < -0.4 is 4.90 Å². The molecule has 0 unspecified atom stereocenters. The molecule has 1 saturated heterocycles. The van der Waals surface area contributed by atoms with Gasteiger partial charge in [0.05, 0.1) is 0 Å². The molecular formula is C16H25N3OS. The molecule has 4 nitrogen and oxygen atoms in total. The fraction of sp³-hybridized carbons (Fsp3) is 0.750. The second kappa shape index (κ2) is 6.77. The van der Waals surface area contributed by atoms with Crippen molar-refractivity contribution in [3.05, 3.63) is 11.6 Å². The molecular weight excluding hydrogens is 282 g/mol. The van der Waals surface area contributed by atoms with Crippen molar-refractivity contribution in [1.82, 2.24) is 9.88 Å². The lowest BCUT2D eigenvalue weighted by Gasteiger charge is -2.34. The van der Waals surface area contributed by atoms with E-state index >= 15 is 0 Å². The molecule has 0 N–H and O–H groups in total. The van der Waals surface area contributed by atoms with Crippen LogP contribution in [0.3, 0.4) is 0 Å². The second-order valence-electron chi connectivity index (χ2n) is 6.30. The summed E-state index contributed by atoms with van der Waals surface area (Å²) in [6.07, 6.45) is 7.50. The molecule has 1 aliphatic carbocycles. The van der Waals surface area contributed by atoms with E-state index in [0.29, 0.717) is 5.91 Å². The minimum absolute atomic E-state index is 0.228. The van der Waals surface area contributed by atoms with Gasteiger partial charge in [0.2, 0.25) is 5.91 Å². The summed E-state index contributed by atoms with van der Waals surface area (Å²) in [4.78, 5) is 21.6. The smallest absolute Gasteiger partial charge is 0.225 e. The molecule has 1 amide bonds. The van der Waals surface area contributed by atoms with Crippen molar-refractivity contribution in [2.24, 2.45) is 11.8 Å². The van der Waals surface area contributed by atoms with E-state index in [1.165, 1.54) is 12.8 Å². The van der Waals surface area contributed by atoms with E-state index in [0.717, 1.165) is 56.5 Å². The van der Waals surface area contributed by atoms with E-state index in [1.54, 1.807) is 11.3 Å². The predicted molar refractivity (Wildman–Crippen MR) is 86.6 cm³/mol. The fourth-order valence-electron chi connectivity index (χ4n) is 3.12. The predicted octanol–water partition coefficient (Wildman–Crippen LogP) is 3.01. The molecule has 2 heterocycles. The highest BCUT2D eigenvalue weighted by Crippen LogP contribution is 2.31. The Bertz CT molecular complexity index is 450. The van der Waals surface area contributed by atoms with Gasteiger partial charge in [-0.3, -0.25) is 4.79 Å². The molecule has 2 aliphatic rings. The number of carbonyl (C=O) groups excluding carboxylic acids is 1. The Kier molecular flexibility index (Phi) is 4.78. The lowest BCUT2D eigenvalue weighted by Crippen LogP contribution is -2.43. The van der Waals surface area contributed by atoms with Gasteiger partial charge in [0.15, 0.2) is 5.13 Å². The minimum atomic E-state index is 0.228. The normalized spacial score (nSPS) is 19.8. The molecule has 1 aromatic heterocycles. The van der Waals surface area contributed by atoms with Crippen molar-refractivity contribution < 1.29 is 4.79 Å². The number of anilines is 1. The quantitative estimate of drug-likeness (QED) is 0.810. The Balaban J connectivity index is 1.53. The molecule has 0 bridgehead atoms. The average Bonchev–Trinajstić information content (AvgIpc) is 3.16. The third-order valence-electron chi connectivity index (χ3n) is 4.51. The number of rotatable bonds is 6. The van der Waals surface area contributed by atoms with Gasteiger partial charge < -0.3 is 9.80 Å². The van der Waals surface area contributed by atoms with Crippen LogP contribution in [0.1, 0.15) is 39.0 Å². The zero-order valence-electron chi connectivity index (χ0n) is 12.8. The Labute approximate surface area is 131 Å². The molecule has 116 valence electrons. The fourth-order valence-corrected chi connectivity index (χ4v) is 3.82. The minimum Gasteiger partial charge on any atom is -0.348 e. The highest BCUT2D eigenvalue weighted by Gasteiger charge is 2.32. The van der Waals surface area contributed by atoms with Gasteiger partial charge in [0.1, 0.15) is 0 Å². The number of piperidine rings is 1. The van der Waals surface area contributed by atoms with Crippen LogP contribution in [-0.2, 0) is 4.79 Å². The van der Waals surface area contributed by atoms with Crippen LogP contribution in [0.5, 0.6) is 0 Å². The van der Waals surface area contributed by atoms with E-state index in [9.17, 15) is 4.79 Å². The second-order valence-corrected chi connectivity index (χ2v) is 7.18. The monoisotopic (exact) mass is 307 g/mol. The van der Waals surface area contributed by atoms with Gasteiger partial charge in [-0.25, -0.2) is 4.98 Å². The largest absolute Gasteiger partial charge is 0.348 e. The number of hydrogen-bond acceptors (Lipinski definition) is 4. The van der Waals surface area contributed by atoms with Gasteiger partial charge in [-0.1, -0.05) is 6.92 Å². The Morgan fingerprint density at radius 1 is 1.38 bits per heavy atom. The summed E-state index contributed by atoms with van der Waals surface area (Å²) < 4.78 is 0. The first-order chi connectivity index (χ1) is 10.3. The van der Waals surface area contributed by atoms with E-state index in [1.807, 2.05) is 11.6 Å². The Morgan fingerprint density at radius 2 is 2.14 bits per heavy atom. The summed E-state index contributed by atoms with van der Waals surface area (Å²) in [5, 5.41) is 3.12. The molecule has 21 heavy (non-hydrogen) atoms. The third kappa shape index (κ3) is 3.76. The average molecular weight is 307 g/mol. The van der Waals surface area contributed by atoms with Crippen LogP contribution >= 0.6 is 11.3 Å². The maximum Gasteiger partial charge on any atom is 0.225 e. The number of carbonyl (C=O) groups is 1. The lowest BCUT2D eigenvalue weighted by atomic mass is 9.95. The van der Waals surface area contributed by atoms with Gasteiger partial charge >= 0.3 is 0 Å². The standard InChI is InChI=1S/C16H25N3OS/c1-2-8-19(12-13-3-4-13)15(20)14-5-9-18(10-6-14)16-17-7-11-21-16/h7,11,13-14H,2-6,8-10,12H2,1H3. The zero-order chi connectivity index (χ0) is 14.7. The maximum absolute atomic E-state index is 12.7. The van der Waals surface area contributed by atoms with E-state index in [-0.39, 0.29) is 5.92 Å². The number of aromatic nitrogens is 1. The van der Waals surface area contributed by atoms with Crippen molar-refractivity contribution in [3.8, 4) is 0 Å². The summed E-state index contributed by atoms with van der Waals surface area (Å²) in [5.41, 5.74) is 0. The number of nitrogens with zero attached hydrogens (tertiary/aromatic N) is 3. The summed E-state index contributed by atoms with van der Waals surface area (Å²) in [6, 6.07) is 0. The number of thiazole rings is 1. The first kappa shape index (κ1) is 14.8. The highest BCUT2D eigenvalue weighted by atomic mass is 32.1. The SMILES string of the molecule is CCCN(CC1CC1)C(=O)C1CCN(c2nccs2)CC1. The zero-order valence-corrected chi connectivity index (χ0v) is 13.6. The van der Waals surface area contributed by atoms with Crippen molar-refractivity contribution in [2.45, 2.75) is 39.0 Å². The van der Waals surface area contributed by atoms with Gasteiger partial charge in [0, 0.05) is 43.7 Å². The molecule has 1 aliphatic heterocycles. The van der Waals surface area contributed by atoms with Gasteiger partial charge in [-0.15, -0.1) is 11.3 Å². The molecule has 2 fully saturated rings. The topological polar surface area (TPSA) is 36.4 Å². The van der Waals surface area contributed by atoms with Crippen molar-refractivity contribution >= 4 is 22.4 Å². The van der Waals surface area contributed by atoms with Gasteiger partial charge in [0.25, 0.3) is 0 Å². The van der Waals surface area contributed by atoms with E-state index in [4.69, 9.17) is 0 Å². The molecule has 5 heteroatoms. The molecule has 0 spiro atoms. The molecule has 0 aromatic carbocycles. The molecule has 3 rings (SSSR count). The highest BCUT2D eigenvalue weighted by molar-refractivity contribution is 7.13. The number of hydrogen-bond donors (Lipinski definition) is 0. The third-order valence-corrected chi connectivity index (χ3v) is 5.35. The van der Waals surface area contributed by atoms with Crippen molar-refractivity contribution in [1.29, 1.82) is 0 Å². The Morgan fingerprint density at radius 3 is 2.71 bits per heavy atom. The molecule has 0 radical (unpaired) electrons. The van der Waals surface area contributed by atoms with E-state index < -0.39 is 0 Å². The van der Waals surface area contributed by atoms with Crippen LogP contribution in [0, 0.1) is 11.8 Å². The van der Waals surface area contributed by atoms with Crippen LogP contribution in [0.2, 0.25) is 0 Å². The van der Waals surface area contributed by atoms with E-state index in [2.05, 4.69) is 21.7 Å². The van der Waals surface area contributed by atoms with Gasteiger partial charge in [-0.05, 0) is 38.0 Å². The maximum atomic E-state index is 12.7. The summed E-state index contributed by atoms with van der Waals surface area (Å²) in [5.74, 6) is 1.42. The summed E-state index contributed by atoms with van der Waals surface area (Å²) in [6.45, 7) is 6.03. The van der Waals surface area contributed by atoms with Crippen LogP contribution in [0.25, 0.3) is 0 Å². The first-order valence-corrected chi connectivity index (χ1v) is 9.09. The lowest BCUT2D eigenvalue weighted by molar-refractivity contribution is -0.136. The van der Waals surface area contributed by atoms with Crippen LogP contribution in [0.4, 0.5) is 5.13 Å². The van der Waals surface area contributed by atoms with Crippen molar-refractivity contribution in [3.63, 3.8) is 0 Å². The van der Waals surface area contributed by atoms with Gasteiger partial charge in [-0.2, -0.15) is 0 Å². The van der Waals surface area contributed by atoms with Crippen LogP contribution in [0.15, 0.2) is 11.6 Å². The van der Waals surface area contributed by atoms with Crippen molar-refractivity contribution in [2.75, 3.05) is 31.1 Å². The summed E-state index contributed by atoms with van der Waals surface area (Å²) >= 11 is 1.69. The van der Waals surface area contributed by atoms with Crippen LogP contribution in [-0.4, -0.2) is 42.0 Å². The molecule has 1 aromatic rings. The molecule has 1 saturated carbocycles. The molecule has 0 atom stereocenters.